The number of anilines is 1. The van der Waals surface area contributed by atoms with Gasteiger partial charge >= 0.3 is 0 Å². The molecule has 6 nitrogen and oxygen atoms in total. The van der Waals surface area contributed by atoms with Gasteiger partial charge in [-0.05, 0) is 93.6 Å². The van der Waals surface area contributed by atoms with E-state index in [1.807, 2.05) is 107 Å². The first-order valence-electron chi connectivity index (χ1n) is 11.5. The summed E-state index contributed by atoms with van der Waals surface area (Å²) < 4.78 is 37.5. The maximum Gasteiger partial charge on any atom is 0.262 e. The van der Waals surface area contributed by atoms with Gasteiger partial charge in [-0.15, -0.1) is 0 Å². The zero-order chi connectivity index (χ0) is 25.3. The summed E-state index contributed by atoms with van der Waals surface area (Å²) in [5.74, 6) is 1.50. The summed E-state index contributed by atoms with van der Waals surface area (Å²) in [6, 6.07) is 19.5. The number of rotatable bonds is 7. The van der Waals surface area contributed by atoms with Gasteiger partial charge in [0.15, 0.2) is 0 Å². The SMILES string of the molecule is Cc1cc(C)c(C)c(S(=O)(=O)Nc2c(C)nn(Cc3cccc(Oc4ccccc4)c3)c2C)c1C. The van der Waals surface area contributed by atoms with E-state index in [0.29, 0.717) is 22.8 Å². The number of hydrogen-bond acceptors (Lipinski definition) is 4. The van der Waals surface area contributed by atoms with E-state index in [-0.39, 0.29) is 0 Å². The highest BCUT2D eigenvalue weighted by Crippen LogP contribution is 2.30. The van der Waals surface area contributed by atoms with Crippen molar-refractivity contribution in [2.45, 2.75) is 53.0 Å². The van der Waals surface area contributed by atoms with Crippen LogP contribution < -0.4 is 9.46 Å². The number of aromatic nitrogens is 2. The van der Waals surface area contributed by atoms with Gasteiger partial charge in [-0.3, -0.25) is 9.40 Å². The summed E-state index contributed by atoms with van der Waals surface area (Å²) >= 11 is 0. The molecule has 0 spiro atoms. The van der Waals surface area contributed by atoms with Gasteiger partial charge < -0.3 is 4.74 Å². The maximum atomic E-state index is 13.5. The van der Waals surface area contributed by atoms with Crippen LogP contribution in [0.5, 0.6) is 11.5 Å². The Hall–Kier alpha value is -3.58. The molecule has 0 amide bonds. The quantitative estimate of drug-likeness (QED) is 0.327. The van der Waals surface area contributed by atoms with Gasteiger partial charge in [0.05, 0.1) is 28.5 Å². The maximum absolute atomic E-state index is 13.5. The Morgan fingerprint density at radius 3 is 2.11 bits per heavy atom. The Bertz CT molecular complexity index is 1460. The molecule has 0 saturated carbocycles. The standard InChI is InChI=1S/C28H31N3O3S/c1-18-15-19(2)21(4)28(20(18)3)35(32,33)30-27-22(5)29-31(23(27)6)17-24-11-10-14-26(16-24)34-25-12-8-7-9-13-25/h7-16,30H,17H2,1-6H3. The first-order chi connectivity index (χ1) is 16.6. The number of hydrogen-bond donors (Lipinski definition) is 1. The molecule has 0 saturated heterocycles. The van der Waals surface area contributed by atoms with Crippen molar-refractivity contribution in [2.24, 2.45) is 0 Å². The first-order valence-corrected chi connectivity index (χ1v) is 13.0. The van der Waals surface area contributed by atoms with E-state index < -0.39 is 10.0 Å². The fourth-order valence-electron chi connectivity index (χ4n) is 4.27. The van der Waals surface area contributed by atoms with Crippen molar-refractivity contribution in [1.82, 2.24) is 9.78 Å². The number of nitrogens with one attached hydrogen (secondary N) is 1. The van der Waals surface area contributed by atoms with E-state index >= 15 is 0 Å². The Kier molecular flexibility index (Phi) is 6.72. The number of nitrogens with zero attached hydrogens (tertiary/aromatic N) is 2. The minimum absolute atomic E-state index is 0.340. The molecule has 0 aliphatic rings. The third kappa shape index (κ3) is 5.10. The molecule has 35 heavy (non-hydrogen) atoms. The van der Waals surface area contributed by atoms with Crippen LogP contribution in [0.25, 0.3) is 0 Å². The van der Waals surface area contributed by atoms with Crippen LogP contribution in [-0.4, -0.2) is 18.2 Å². The topological polar surface area (TPSA) is 73.2 Å². The van der Waals surface area contributed by atoms with Crippen LogP contribution in [0.3, 0.4) is 0 Å². The van der Waals surface area contributed by atoms with Crippen molar-refractivity contribution < 1.29 is 13.2 Å². The van der Waals surface area contributed by atoms with E-state index in [1.54, 1.807) is 0 Å². The molecule has 1 N–H and O–H groups in total. The second-order valence-corrected chi connectivity index (χ2v) is 10.6. The molecule has 4 rings (SSSR count). The summed E-state index contributed by atoms with van der Waals surface area (Å²) in [6.07, 6.45) is 0. The van der Waals surface area contributed by atoms with Crippen molar-refractivity contribution in [3.8, 4) is 11.5 Å². The van der Waals surface area contributed by atoms with Gasteiger partial charge in [-0.25, -0.2) is 8.42 Å². The molecule has 0 atom stereocenters. The van der Waals surface area contributed by atoms with E-state index in [2.05, 4.69) is 9.82 Å². The van der Waals surface area contributed by atoms with E-state index in [4.69, 9.17) is 4.74 Å². The van der Waals surface area contributed by atoms with Crippen LogP contribution >= 0.6 is 0 Å². The molecule has 0 bridgehead atoms. The van der Waals surface area contributed by atoms with Crippen molar-refractivity contribution >= 4 is 15.7 Å². The molecule has 0 unspecified atom stereocenters. The van der Waals surface area contributed by atoms with Gasteiger partial charge in [0.1, 0.15) is 11.5 Å². The lowest BCUT2D eigenvalue weighted by molar-refractivity contribution is 0.481. The van der Waals surface area contributed by atoms with Crippen LogP contribution in [-0.2, 0) is 16.6 Å². The van der Waals surface area contributed by atoms with E-state index in [0.717, 1.165) is 45.0 Å². The summed E-state index contributed by atoms with van der Waals surface area (Å²) in [7, 11) is -3.79. The van der Waals surface area contributed by atoms with Crippen LogP contribution in [0.2, 0.25) is 0 Å². The lowest BCUT2D eigenvalue weighted by Gasteiger charge is -2.17. The molecule has 182 valence electrons. The second kappa shape index (κ2) is 9.58. The molecule has 0 radical (unpaired) electrons. The summed E-state index contributed by atoms with van der Waals surface area (Å²) in [5, 5.41) is 4.63. The van der Waals surface area contributed by atoms with Crippen molar-refractivity contribution in [2.75, 3.05) is 4.72 Å². The molecular formula is C28H31N3O3S. The van der Waals surface area contributed by atoms with Crippen LogP contribution in [0, 0.1) is 41.5 Å². The average molecular weight is 490 g/mol. The third-order valence-electron chi connectivity index (χ3n) is 6.39. The van der Waals surface area contributed by atoms with Crippen molar-refractivity contribution in [3.63, 3.8) is 0 Å². The highest BCUT2D eigenvalue weighted by molar-refractivity contribution is 7.92. The molecule has 0 aliphatic carbocycles. The first kappa shape index (κ1) is 24.5. The lowest BCUT2D eigenvalue weighted by atomic mass is 10.0. The van der Waals surface area contributed by atoms with Gasteiger partial charge in [0.25, 0.3) is 10.0 Å². The third-order valence-corrected chi connectivity index (χ3v) is 8.02. The van der Waals surface area contributed by atoms with E-state index in [9.17, 15) is 8.42 Å². The van der Waals surface area contributed by atoms with Crippen LogP contribution in [0.15, 0.2) is 65.6 Å². The summed E-state index contributed by atoms with van der Waals surface area (Å²) in [4.78, 5) is 0.340. The van der Waals surface area contributed by atoms with Crippen molar-refractivity contribution in [1.29, 1.82) is 0 Å². The van der Waals surface area contributed by atoms with Crippen LogP contribution in [0.4, 0.5) is 5.69 Å². The second-order valence-electron chi connectivity index (χ2n) is 8.96. The Morgan fingerprint density at radius 2 is 1.46 bits per heavy atom. The smallest absolute Gasteiger partial charge is 0.262 e. The highest BCUT2D eigenvalue weighted by Gasteiger charge is 2.25. The number of ether oxygens (including phenoxy) is 1. The minimum Gasteiger partial charge on any atom is -0.457 e. The minimum atomic E-state index is -3.79. The van der Waals surface area contributed by atoms with Crippen molar-refractivity contribution in [3.05, 3.63) is 99.9 Å². The average Bonchev–Trinajstić information content (AvgIpc) is 3.05. The van der Waals surface area contributed by atoms with Gasteiger partial charge in [0, 0.05) is 0 Å². The van der Waals surface area contributed by atoms with Gasteiger partial charge in [-0.2, -0.15) is 5.10 Å². The zero-order valence-electron chi connectivity index (χ0n) is 21.0. The number of benzene rings is 3. The summed E-state index contributed by atoms with van der Waals surface area (Å²) in [5.41, 5.74) is 6.32. The normalized spacial score (nSPS) is 11.5. The molecule has 1 heterocycles. The molecule has 0 aliphatic heterocycles. The van der Waals surface area contributed by atoms with Crippen LogP contribution in [0.1, 0.15) is 39.2 Å². The lowest BCUT2D eigenvalue weighted by Crippen LogP contribution is -2.18. The number of aryl methyl sites for hydroxylation is 3. The van der Waals surface area contributed by atoms with E-state index in [1.165, 1.54) is 0 Å². The van der Waals surface area contributed by atoms with Gasteiger partial charge in [-0.1, -0.05) is 36.4 Å². The zero-order valence-corrected chi connectivity index (χ0v) is 21.8. The molecule has 7 heteroatoms. The van der Waals surface area contributed by atoms with Gasteiger partial charge in [0.2, 0.25) is 0 Å². The predicted octanol–water partition coefficient (Wildman–Crippen LogP) is 6.38. The summed E-state index contributed by atoms with van der Waals surface area (Å²) in [6.45, 7) is 11.8. The largest absolute Gasteiger partial charge is 0.457 e. The monoisotopic (exact) mass is 489 g/mol. The fraction of sp³-hybridized carbons (Fsp3) is 0.250. The Labute approximate surface area is 207 Å². The molecular weight excluding hydrogens is 458 g/mol. The highest BCUT2D eigenvalue weighted by atomic mass is 32.2. The Morgan fingerprint density at radius 1 is 0.829 bits per heavy atom. The predicted molar refractivity (Wildman–Crippen MR) is 140 cm³/mol. The number of para-hydroxylation sites is 1. The fourth-order valence-corrected chi connectivity index (χ4v) is 6.07. The molecule has 0 fully saturated rings. The molecule has 3 aromatic carbocycles. The Balaban J connectivity index is 1.61. The molecule has 1 aromatic heterocycles. The molecule has 4 aromatic rings. The number of sulfonamides is 1.